The summed E-state index contributed by atoms with van der Waals surface area (Å²) in [5, 5.41) is 0. The van der Waals surface area contributed by atoms with E-state index in [4.69, 9.17) is 0 Å². The van der Waals surface area contributed by atoms with Gasteiger partial charge in [-0.3, -0.25) is 9.78 Å². The minimum atomic E-state index is -0.329. The van der Waals surface area contributed by atoms with Gasteiger partial charge in [-0.1, -0.05) is 6.07 Å². The van der Waals surface area contributed by atoms with Crippen LogP contribution in [0.4, 0.5) is 4.39 Å². The molecular formula is C15H13FN2O. The molecule has 0 saturated heterocycles. The quantitative estimate of drug-likeness (QED) is 0.785. The first-order chi connectivity index (χ1) is 9.24. The van der Waals surface area contributed by atoms with Crippen LogP contribution < -0.4 is 0 Å². The van der Waals surface area contributed by atoms with Crippen molar-refractivity contribution < 1.29 is 9.18 Å². The molecule has 2 heterocycles. The third kappa shape index (κ3) is 2.34. The molecule has 0 atom stereocenters. The Morgan fingerprint density at radius 1 is 1.21 bits per heavy atom. The second-order valence-corrected chi connectivity index (χ2v) is 4.59. The number of hydrogen-bond acceptors (Lipinski definition) is 2. The van der Waals surface area contributed by atoms with E-state index in [9.17, 15) is 9.18 Å². The van der Waals surface area contributed by atoms with E-state index in [1.54, 1.807) is 11.1 Å². The van der Waals surface area contributed by atoms with Crippen LogP contribution in [0.5, 0.6) is 0 Å². The van der Waals surface area contributed by atoms with Crippen LogP contribution in [0.15, 0.2) is 42.6 Å². The molecule has 1 aliphatic rings. The Kier molecular flexibility index (Phi) is 2.99. The van der Waals surface area contributed by atoms with Crippen LogP contribution in [0.3, 0.4) is 0 Å². The molecule has 0 unspecified atom stereocenters. The zero-order valence-corrected chi connectivity index (χ0v) is 10.3. The Bertz CT molecular complexity index is 610. The summed E-state index contributed by atoms with van der Waals surface area (Å²) >= 11 is 0. The summed E-state index contributed by atoms with van der Waals surface area (Å²) in [6, 6.07) is 9.54. The molecule has 96 valence electrons. The lowest BCUT2D eigenvalue weighted by molar-refractivity contribution is 0.0733. The van der Waals surface area contributed by atoms with Crippen molar-refractivity contribution in [1.82, 2.24) is 9.88 Å². The lowest BCUT2D eigenvalue weighted by Gasteiger charge is -2.28. The molecule has 2 aromatic rings. The van der Waals surface area contributed by atoms with E-state index in [0.29, 0.717) is 18.7 Å². The van der Waals surface area contributed by atoms with Gasteiger partial charge in [-0.2, -0.15) is 0 Å². The van der Waals surface area contributed by atoms with Crippen LogP contribution in [-0.2, 0) is 13.0 Å². The van der Waals surface area contributed by atoms with Gasteiger partial charge in [-0.25, -0.2) is 4.39 Å². The van der Waals surface area contributed by atoms with Crippen molar-refractivity contribution in [2.75, 3.05) is 6.54 Å². The third-order valence-electron chi connectivity index (χ3n) is 3.34. The summed E-state index contributed by atoms with van der Waals surface area (Å²) in [6.45, 7) is 1.22. The molecule has 1 aromatic carbocycles. The van der Waals surface area contributed by atoms with Crippen LogP contribution >= 0.6 is 0 Å². The summed E-state index contributed by atoms with van der Waals surface area (Å²) in [5.41, 5.74) is 2.67. The number of aromatic nitrogens is 1. The predicted molar refractivity (Wildman–Crippen MR) is 69.1 cm³/mol. The van der Waals surface area contributed by atoms with E-state index in [0.717, 1.165) is 17.7 Å². The van der Waals surface area contributed by atoms with Gasteiger partial charge in [-0.15, -0.1) is 0 Å². The molecule has 1 aromatic heterocycles. The lowest BCUT2D eigenvalue weighted by atomic mass is 10.0. The van der Waals surface area contributed by atoms with Crippen LogP contribution in [0.2, 0.25) is 0 Å². The molecule has 19 heavy (non-hydrogen) atoms. The topological polar surface area (TPSA) is 33.2 Å². The Balaban J connectivity index is 1.81. The van der Waals surface area contributed by atoms with Crippen LogP contribution in [0, 0.1) is 5.82 Å². The zero-order chi connectivity index (χ0) is 13.2. The first kappa shape index (κ1) is 11.8. The van der Waals surface area contributed by atoms with E-state index < -0.39 is 0 Å². The smallest absolute Gasteiger partial charge is 0.254 e. The molecule has 0 bridgehead atoms. The number of fused-ring (bicyclic) bond motifs is 1. The normalized spacial score (nSPS) is 14.1. The summed E-state index contributed by atoms with van der Waals surface area (Å²) < 4.78 is 12.9. The van der Waals surface area contributed by atoms with Gasteiger partial charge in [0.2, 0.25) is 0 Å². The molecular weight excluding hydrogens is 243 g/mol. The average molecular weight is 256 g/mol. The molecule has 3 rings (SSSR count). The fourth-order valence-corrected chi connectivity index (χ4v) is 2.31. The van der Waals surface area contributed by atoms with E-state index >= 15 is 0 Å². The zero-order valence-electron chi connectivity index (χ0n) is 10.3. The fraction of sp³-hybridized carbons (Fsp3) is 0.200. The summed E-state index contributed by atoms with van der Waals surface area (Å²) in [6.07, 6.45) is 2.54. The minimum absolute atomic E-state index is 0.0606. The van der Waals surface area contributed by atoms with E-state index in [1.807, 2.05) is 12.1 Å². The molecule has 4 heteroatoms. The number of carbonyl (C=O) groups excluding carboxylic acids is 1. The Morgan fingerprint density at radius 3 is 2.79 bits per heavy atom. The number of benzene rings is 1. The minimum Gasteiger partial charge on any atom is -0.334 e. The predicted octanol–water partition coefficient (Wildman–Crippen LogP) is 2.42. The number of carbonyl (C=O) groups is 1. The maximum atomic E-state index is 12.9. The molecule has 3 nitrogen and oxygen atoms in total. The van der Waals surface area contributed by atoms with Crippen LogP contribution in [0.25, 0.3) is 0 Å². The Hall–Kier alpha value is -2.23. The van der Waals surface area contributed by atoms with Crippen LogP contribution in [-0.4, -0.2) is 22.3 Å². The highest BCUT2D eigenvalue weighted by atomic mass is 19.1. The van der Waals surface area contributed by atoms with Gasteiger partial charge in [0, 0.05) is 37.0 Å². The molecule has 0 N–H and O–H groups in total. The number of amides is 1. The van der Waals surface area contributed by atoms with Crippen molar-refractivity contribution >= 4 is 5.91 Å². The van der Waals surface area contributed by atoms with Crippen molar-refractivity contribution in [2.24, 2.45) is 0 Å². The lowest BCUT2D eigenvalue weighted by Crippen LogP contribution is -2.36. The average Bonchev–Trinajstić information content (AvgIpc) is 2.47. The van der Waals surface area contributed by atoms with E-state index in [1.165, 1.54) is 24.3 Å². The fourth-order valence-electron chi connectivity index (χ4n) is 2.31. The van der Waals surface area contributed by atoms with Crippen molar-refractivity contribution in [2.45, 2.75) is 13.0 Å². The summed E-state index contributed by atoms with van der Waals surface area (Å²) in [4.78, 5) is 18.4. The number of halogens is 1. The number of nitrogens with zero attached hydrogens (tertiary/aromatic N) is 2. The highest BCUT2D eigenvalue weighted by Gasteiger charge is 2.22. The molecule has 0 spiro atoms. The molecule has 1 aliphatic heterocycles. The highest BCUT2D eigenvalue weighted by molar-refractivity contribution is 5.94. The van der Waals surface area contributed by atoms with E-state index in [2.05, 4.69) is 4.98 Å². The number of hydrogen-bond donors (Lipinski definition) is 0. The molecule has 0 saturated carbocycles. The number of rotatable bonds is 1. The van der Waals surface area contributed by atoms with Gasteiger partial charge >= 0.3 is 0 Å². The largest absolute Gasteiger partial charge is 0.334 e. The van der Waals surface area contributed by atoms with Gasteiger partial charge in [0.1, 0.15) is 5.82 Å². The Morgan fingerprint density at radius 2 is 2.00 bits per heavy atom. The monoisotopic (exact) mass is 256 g/mol. The van der Waals surface area contributed by atoms with Gasteiger partial charge in [-0.05, 0) is 35.9 Å². The maximum Gasteiger partial charge on any atom is 0.254 e. The van der Waals surface area contributed by atoms with Gasteiger partial charge in [0.15, 0.2) is 0 Å². The van der Waals surface area contributed by atoms with Crippen molar-refractivity contribution in [1.29, 1.82) is 0 Å². The van der Waals surface area contributed by atoms with Gasteiger partial charge in [0.05, 0.1) is 0 Å². The van der Waals surface area contributed by atoms with Crippen molar-refractivity contribution in [3.63, 3.8) is 0 Å². The summed E-state index contributed by atoms with van der Waals surface area (Å²) in [7, 11) is 0. The first-order valence-electron chi connectivity index (χ1n) is 6.21. The van der Waals surface area contributed by atoms with Crippen molar-refractivity contribution in [3.05, 3.63) is 65.2 Å². The Labute approximate surface area is 110 Å². The summed E-state index contributed by atoms with van der Waals surface area (Å²) in [5.74, 6) is -0.390. The molecule has 0 aliphatic carbocycles. The van der Waals surface area contributed by atoms with Gasteiger partial charge < -0.3 is 4.90 Å². The van der Waals surface area contributed by atoms with Crippen LogP contribution in [0.1, 0.15) is 21.6 Å². The standard InChI is InChI=1S/C15H13FN2O/c16-13-5-3-11(4-6-13)15(19)18-9-7-14-12(10-18)2-1-8-17-14/h1-6,8H,7,9-10H2. The maximum absolute atomic E-state index is 12.9. The number of pyridine rings is 1. The molecule has 0 radical (unpaired) electrons. The second kappa shape index (κ2) is 4.80. The van der Waals surface area contributed by atoms with Gasteiger partial charge in [0.25, 0.3) is 5.91 Å². The van der Waals surface area contributed by atoms with Crippen molar-refractivity contribution in [3.8, 4) is 0 Å². The second-order valence-electron chi connectivity index (χ2n) is 4.59. The first-order valence-corrected chi connectivity index (χ1v) is 6.21. The SMILES string of the molecule is O=C(c1ccc(F)cc1)N1CCc2ncccc2C1. The van der Waals surface area contributed by atoms with E-state index in [-0.39, 0.29) is 11.7 Å². The third-order valence-corrected chi connectivity index (χ3v) is 3.34. The molecule has 1 amide bonds. The molecule has 0 fully saturated rings. The highest BCUT2D eigenvalue weighted by Crippen LogP contribution is 2.18.